The zero-order chi connectivity index (χ0) is 41.6. The molecule has 0 saturated carbocycles. The summed E-state index contributed by atoms with van der Waals surface area (Å²) < 4.78 is 0. The summed E-state index contributed by atoms with van der Waals surface area (Å²) in [7, 11) is 0. The van der Waals surface area contributed by atoms with Crippen molar-refractivity contribution < 1.29 is 29.4 Å². The summed E-state index contributed by atoms with van der Waals surface area (Å²) in [6.45, 7) is 13.9. The van der Waals surface area contributed by atoms with Gasteiger partial charge in [0, 0.05) is 37.1 Å². The van der Waals surface area contributed by atoms with Gasteiger partial charge in [0.2, 0.25) is 23.6 Å². The maximum Gasteiger partial charge on any atom is 0.243 e. The van der Waals surface area contributed by atoms with Crippen LogP contribution in [0.1, 0.15) is 96.3 Å². The van der Waals surface area contributed by atoms with Crippen LogP contribution in [0.5, 0.6) is 0 Å². The number of pyridine rings is 1. The third-order valence-electron chi connectivity index (χ3n) is 11.1. The molecule has 1 fully saturated rings. The van der Waals surface area contributed by atoms with E-state index in [1.807, 2.05) is 89.4 Å². The fourth-order valence-electron chi connectivity index (χ4n) is 7.39. The molecular formula is C43H63N7O6S. The number of aliphatic hydroxyl groups excluding tert-OH is 2. The van der Waals surface area contributed by atoms with Crippen molar-refractivity contribution in [2.24, 2.45) is 23.7 Å². The molecule has 1 aliphatic rings. The standard InChI is InChI=1S/C43H63N7O6S/c1-8-28(6)38(49-42(56)37(27(4)5)48-41(55)36(26(2)3)46-25-31-16-18-44-19-17-31)34(51)24-35(52)50-21-12-15-33(50)39(53)29(7)40(54)47-32(43-45-20-22-57-43)23-30-13-10-9-11-14-30/h9-11,13-14,16-20,22,26-29,32-34,36-39,46,51,53H,8,12,15,21,23-25H2,1-7H3,(H,47,54)(H,48,55)(H,49,56)/t28-,29+,32-,33-,34+,36-,37-,38-,39+/m0/s1. The molecule has 3 heterocycles. The highest BCUT2D eigenvalue weighted by Crippen LogP contribution is 2.28. The first kappa shape index (κ1) is 45.5. The van der Waals surface area contributed by atoms with E-state index in [9.17, 15) is 29.4 Å². The molecular weight excluding hydrogens is 743 g/mol. The number of aromatic nitrogens is 2. The van der Waals surface area contributed by atoms with Gasteiger partial charge in [-0.1, -0.05) is 85.2 Å². The Bertz CT molecular complexity index is 1700. The number of hydrogen-bond acceptors (Lipinski definition) is 10. The number of carbonyl (C=O) groups is 4. The molecule has 1 saturated heterocycles. The number of nitrogens with zero attached hydrogens (tertiary/aromatic N) is 3. The zero-order valence-corrected chi connectivity index (χ0v) is 35.2. The van der Waals surface area contributed by atoms with Gasteiger partial charge in [0.1, 0.15) is 11.0 Å². The topological polar surface area (TPSA) is 186 Å². The van der Waals surface area contributed by atoms with Gasteiger partial charge in [-0.2, -0.15) is 0 Å². The summed E-state index contributed by atoms with van der Waals surface area (Å²) in [4.78, 5) is 65.0. The van der Waals surface area contributed by atoms with Crippen LogP contribution in [0.25, 0.3) is 0 Å². The highest BCUT2D eigenvalue weighted by atomic mass is 32.1. The van der Waals surface area contributed by atoms with Crippen molar-refractivity contribution >= 4 is 35.0 Å². The van der Waals surface area contributed by atoms with Crippen molar-refractivity contribution in [3.05, 3.63) is 82.6 Å². The molecule has 4 rings (SSSR count). The van der Waals surface area contributed by atoms with Crippen molar-refractivity contribution in [3.63, 3.8) is 0 Å². The normalized spacial score (nSPS) is 18.6. The van der Waals surface area contributed by atoms with E-state index in [-0.39, 0.29) is 47.9 Å². The van der Waals surface area contributed by atoms with E-state index >= 15 is 0 Å². The van der Waals surface area contributed by atoms with E-state index in [0.717, 1.165) is 16.1 Å². The maximum absolute atomic E-state index is 13.9. The third-order valence-corrected chi connectivity index (χ3v) is 12.0. The number of thiazole rings is 1. The van der Waals surface area contributed by atoms with E-state index in [0.29, 0.717) is 38.8 Å². The van der Waals surface area contributed by atoms with Gasteiger partial charge in [-0.3, -0.25) is 24.2 Å². The van der Waals surface area contributed by atoms with Gasteiger partial charge < -0.3 is 36.4 Å². The SMILES string of the molecule is CC[C@H](C)[C@H](NC(=O)[C@@H](NC(=O)[C@@H](NCc1ccncc1)C(C)C)C(C)C)[C@H](O)CC(=O)N1CCC[C@H]1[C@H](O)[C@@H](C)C(=O)N[C@@H](Cc1ccccc1)c1nccs1. The van der Waals surface area contributed by atoms with Crippen LogP contribution < -0.4 is 21.3 Å². The number of amides is 4. The van der Waals surface area contributed by atoms with E-state index in [1.165, 1.54) is 11.3 Å². The van der Waals surface area contributed by atoms with Gasteiger partial charge in [0.25, 0.3) is 0 Å². The van der Waals surface area contributed by atoms with Crippen LogP contribution >= 0.6 is 11.3 Å². The van der Waals surface area contributed by atoms with Crippen LogP contribution in [0.3, 0.4) is 0 Å². The number of benzene rings is 1. The van der Waals surface area contributed by atoms with E-state index < -0.39 is 48.2 Å². The summed E-state index contributed by atoms with van der Waals surface area (Å²) in [5.74, 6) is -2.80. The number of aliphatic hydroxyl groups is 2. The smallest absolute Gasteiger partial charge is 0.243 e. The maximum atomic E-state index is 13.9. The molecule has 4 amide bonds. The average Bonchev–Trinajstić information content (AvgIpc) is 3.92. The summed E-state index contributed by atoms with van der Waals surface area (Å²) in [6.07, 6.45) is 4.74. The average molecular weight is 806 g/mol. The van der Waals surface area contributed by atoms with Crippen LogP contribution in [0, 0.1) is 23.7 Å². The Morgan fingerprint density at radius 3 is 2.12 bits per heavy atom. The summed E-state index contributed by atoms with van der Waals surface area (Å²) >= 11 is 1.45. The van der Waals surface area contributed by atoms with Crippen molar-refractivity contribution in [1.82, 2.24) is 36.1 Å². The van der Waals surface area contributed by atoms with Crippen LogP contribution in [0.15, 0.2) is 66.4 Å². The van der Waals surface area contributed by atoms with Crippen molar-refractivity contribution in [2.45, 2.75) is 130 Å². The van der Waals surface area contributed by atoms with Crippen LogP contribution in [0.4, 0.5) is 0 Å². The second kappa shape index (κ2) is 22.1. The van der Waals surface area contributed by atoms with Crippen molar-refractivity contribution in [1.29, 1.82) is 0 Å². The minimum atomic E-state index is -1.23. The molecule has 9 atom stereocenters. The highest BCUT2D eigenvalue weighted by Gasteiger charge is 2.41. The Morgan fingerprint density at radius 2 is 1.51 bits per heavy atom. The highest BCUT2D eigenvalue weighted by molar-refractivity contribution is 7.09. The second-order valence-electron chi connectivity index (χ2n) is 16.1. The molecule has 0 aliphatic carbocycles. The van der Waals surface area contributed by atoms with Crippen molar-refractivity contribution in [3.8, 4) is 0 Å². The number of hydrogen-bond donors (Lipinski definition) is 6. The molecule has 0 bridgehead atoms. The molecule has 6 N–H and O–H groups in total. The van der Waals surface area contributed by atoms with Gasteiger partial charge in [-0.05, 0) is 60.3 Å². The molecule has 1 aromatic carbocycles. The summed E-state index contributed by atoms with van der Waals surface area (Å²) in [5, 5.41) is 38.1. The van der Waals surface area contributed by atoms with Gasteiger partial charge >= 0.3 is 0 Å². The predicted molar refractivity (Wildman–Crippen MR) is 222 cm³/mol. The summed E-state index contributed by atoms with van der Waals surface area (Å²) in [5.41, 5.74) is 2.02. The minimum absolute atomic E-state index is 0.0613. The monoisotopic (exact) mass is 805 g/mol. The fourth-order valence-corrected chi connectivity index (χ4v) is 8.08. The molecule has 312 valence electrons. The van der Waals surface area contributed by atoms with Gasteiger partial charge in [-0.15, -0.1) is 11.3 Å². The molecule has 0 radical (unpaired) electrons. The molecule has 3 aromatic rings. The van der Waals surface area contributed by atoms with Gasteiger partial charge in [-0.25, -0.2) is 4.98 Å². The molecule has 2 aromatic heterocycles. The molecule has 0 unspecified atom stereocenters. The lowest BCUT2D eigenvalue weighted by Crippen LogP contribution is -2.59. The lowest BCUT2D eigenvalue weighted by atomic mass is 9.90. The first-order valence-corrected chi connectivity index (χ1v) is 21.2. The number of nitrogens with one attached hydrogen (secondary N) is 4. The first-order valence-electron chi connectivity index (χ1n) is 20.3. The Hall–Kier alpha value is -4.24. The summed E-state index contributed by atoms with van der Waals surface area (Å²) in [6, 6.07) is 10.3. The molecule has 1 aliphatic heterocycles. The van der Waals surface area contributed by atoms with Crippen LogP contribution in [-0.2, 0) is 32.1 Å². The Labute approximate surface area is 341 Å². The Morgan fingerprint density at radius 1 is 0.842 bits per heavy atom. The molecule has 0 spiro atoms. The predicted octanol–water partition coefficient (Wildman–Crippen LogP) is 4.16. The Kier molecular flexibility index (Phi) is 17.6. The van der Waals surface area contributed by atoms with E-state index in [1.54, 1.807) is 30.4 Å². The van der Waals surface area contributed by atoms with Gasteiger partial charge in [0.05, 0.1) is 48.7 Å². The minimum Gasteiger partial charge on any atom is -0.390 e. The van der Waals surface area contributed by atoms with E-state index in [2.05, 4.69) is 31.2 Å². The lowest BCUT2D eigenvalue weighted by Gasteiger charge is -2.35. The van der Waals surface area contributed by atoms with Crippen LogP contribution in [0.2, 0.25) is 0 Å². The van der Waals surface area contributed by atoms with Crippen LogP contribution in [-0.4, -0.2) is 91.6 Å². The van der Waals surface area contributed by atoms with Crippen molar-refractivity contribution in [2.75, 3.05) is 6.54 Å². The lowest BCUT2D eigenvalue weighted by molar-refractivity contribution is -0.141. The second-order valence-corrected chi connectivity index (χ2v) is 17.0. The molecule has 14 heteroatoms. The Balaban J connectivity index is 1.39. The first-order chi connectivity index (χ1) is 27.2. The third kappa shape index (κ3) is 12.9. The van der Waals surface area contributed by atoms with Gasteiger partial charge in [0.15, 0.2) is 0 Å². The zero-order valence-electron chi connectivity index (χ0n) is 34.4. The molecule has 13 nitrogen and oxygen atoms in total. The molecule has 57 heavy (non-hydrogen) atoms. The van der Waals surface area contributed by atoms with E-state index in [4.69, 9.17) is 0 Å². The fraction of sp³-hybridized carbons (Fsp3) is 0.581. The number of rotatable bonds is 21. The number of likely N-dealkylation sites (tertiary alicyclic amines) is 1. The quantitative estimate of drug-likeness (QED) is 0.0920. The number of carbonyl (C=O) groups excluding carboxylic acids is 4. The largest absolute Gasteiger partial charge is 0.390 e.